The highest BCUT2D eigenvalue weighted by Crippen LogP contribution is 2.39. The van der Waals surface area contributed by atoms with Gasteiger partial charge < -0.3 is 20.4 Å². The molecule has 9 heteroatoms. The first-order chi connectivity index (χ1) is 17.6. The number of thiophene rings is 1. The molecule has 2 aliphatic rings. The van der Waals surface area contributed by atoms with Crippen molar-refractivity contribution in [2.24, 2.45) is 0 Å². The number of amides is 2. The Labute approximate surface area is 217 Å². The molecule has 2 N–H and O–H groups in total. The fraction of sp³-hybridized carbons (Fsp3) is 0.222. The van der Waals surface area contributed by atoms with Crippen LogP contribution in [0.5, 0.6) is 0 Å². The molecule has 2 aromatic heterocycles. The summed E-state index contributed by atoms with van der Waals surface area (Å²) in [5.74, 6) is -0.127. The van der Waals surface area contributed by atoms with Crippen LogP contribution in [0.25, 0.3) is 9.88 Å². The van der Waals surface area contributed by atoms with Crippen molar-refractivity contribution in [1.82, 2.24) is 10.3 Å². The number of piperidine rings is 1. The van der Waals surface area contributed by atoms with Crippen molar-refractivity contribution >= 4 is 51.6 Å². The van der Waals surface area contributed by atoms with Crippen LogP contribution >= 0.6 is 22.7 Å². The highest BCUT2D eigenvalue weighted by molar-refractivity contribution is 7.20. The molecule has 182 valence electrons. The third kappa shape index (κ3) is 4.04. The van der Waals surface area contributed by atoms with Crippen molar-refractivity contribution < 1.29 is 9.59 Å². The van der Waals surface area contributed by atoms with E-state index in [-0.39, 0.29) is 11.8 Å². The van der Waals surface area contributed by atoms with Crippen molar-refractivity contribution in [3.8, 4) is 9.88 Å². The lowest BCUT2D eigenvalue weighted by Crippen LogP contribution is -2.56. The van der Waals surface area contributed by atoms with E-state index in [2.05, 4.69) is 37.6 Å². The summed E-state index contributed by atoms with van der Waals surface area (Å²) in [7, 11) is 0. The molecule has 6 rings (SSSR count). The van der Waals surface area contributed by atoms with Crippen LogP contribution < -0.4 is 20.4 Å². The molecule has 0 unspecified atom stereocenters. The summed E-state index contributed by atoms with van der Waals surface area (Å²) in [6.07, 6.45) is 1.40. The summed E-state index contributed by atoms with van der Waals surface area (Å²) in [5, 5.41) is 10.8. The molecule has 0 atom stereocenters. The Kier molecular flexibility index (Phi) is 5.94. The van der Waals surface area contributed by atoms with Gasteiger partial charge in [0.15, 0.2) is 0 Å². The Morgan fingerprint density at radius 1 is 0.972 bits per heavy atom. The maximum absolute atomic E-state index is 13.0. The molecule has 1 spiro atoms. The zero-order valence-corrected chi connectivity index (χ0v) is 21.1. The summed E-state index contributed by atoms with van der Waals surface area (Å²) >= 11 is 3.08. The van der Waals surface area contributed by atoms with Crippen LogP contribution in [-0.2, 0) is 4.79 Å². The Balaban J connectivity index is 1.19. The number of thiazole rings is 1. The van der Waals surface area contributed by atoms with Crippen molar-refractivity contribution in [2.45, 2.75) is 18.4 Å². The topological polar surface area (TPSA) is 77.6 Å². The second-order valence-electron chi connectivity index (χ2n) is 8.93. The Hall–Kier alpha value is -3.69. The second kappa shape index (κ2) is 9.40. The minimum atomic E-state index is -0.547. The van der Waals surface area contributed by atoms with Crippen molar-refractivity contribution in [3.63, 3.8) is 0 Å². The van der Waals surface area contributed by atoms with E-state index in [0.717, 1.165) is 26.9 Å². The zero-order valence-electron chi connectivity index (χ0n) is 19.5. The molecule has 2 fully saturated rings. The molecule has 2 saturated heterocycles. The summed E-state index contributed by atoms with van der Waals surface area (Å²) < 4.78 is 0. The van der Waals surface area contributed by atoms with Crippen LogP contribution in [0.4, 0.5) is 17.1 Å². The van der Waals surface area contributed by atoms with Crippen LogP contribution in [0.1, 0.15) is 23.3 Å². The summed E-state index contributed by atoms with van der Waals surface area (Å²) in [6.45, 7) is 1.95. The van der Waals surface area contributed by atoms with Crippen LogP contribution in [0.15, 0.2) is 77.5 Å². The van der Waals surface area contributed by atoms with Gasteiger partial charge in [0.2, 0.25) is 5.91 Å². The van der Waals surface area contributed by atoms with Crippen molar-refractivity contribution in [2.75, 3.05) is 34.9 Å². The van der Waals surface area contributed by atoms with Gasteiger partial charge in [-0.15, -0.1) is 22.7 Å². The number of para-hydroxylation sites is 3. The maximum Gasteiger partial charge on any atom is 0.275 e. The zero-order chi connectivity index (χ0) is 24.5. The van der Waals surface area contributed by atoms with E-state index >= 15 is 0 Å². The minimum absolute atomic E-state index is 0.0951. The van der Waals surface area contributed by atoms with Crippen LogP contribution in [0, 0.1) is 0 Å². The average molecular weight is 516 g/mol. The van der Waals surface area contributed by atoms with Gasteiger partial charge in [-0.1, -0.05) is 36.4 Å². The van der Waals surface area contributed by atoms with Gasteiger partial charge in [-0.25, -0.2) is 4.98 Å². The minimum Gasteiger partial charge on any atom is -0.370 e. The molecule has 0 aliphatic carbocycles. The number of hydrogen-bond acceptors (Lipinski definition) is 7. The first-order valence-electron chi connectivity index (χ1n) is 11.9. The standard InChI is InChI=1S/C27H25N5O2S2/c33-24(21-17-36-25(30-21)23-11-6-16-35-23)29-20-9-4-5-10-22(20)31-14-12-27(13-15-31)26(34)28-18-32(27)19-7-2-1-3-8-19/h1-11,16-17H,12-15,18H2,(H,28,34)(H,29,33). The van der Waals surface area contributed by atoms with Gasteiger partial charge >= 0.3 is 0 Å². The van der Waals surface area contributed by atoms with Crippen molar-refractivity contribution in [1.29, 1.82) is 0 Å². The van der Waals surface area contributed by atoms with E-state index in [9.17, 15) is 9.59 Å². The lowest BCUT2D eigenvalue weighted by atomic mass is 9.85. The molecule has 0 bridgehead atoms. The maximum atomic E-state index is 13.0. The van der Waals surface area contributed by atoms with Crippen LogP contribution in [0.2, 0.25) is 0 Å². The molecule has 7 nitrogen and oxygen atoms in total. The number of anilines is 3. The summed E-state index contributed by atoms with van der Waals surface area (Å²) in [5.41, 5.74) is 2.63. The van der Waals surface area contributed by atoms with Gasteiger partial charge in [-0.3, -0.25) is 9.59 Å². The molecule has 4 aromatic rings. The van der Waals surface area contributed by atoms with Crippen LogP contribution in [0.3, 0.4) is 0 Å². The van der Waals surface area contributed by atoms with E-state index in [1.165, 1.54) is 11.3 Å². The van der Waals surface area contributed by atoms with Gasteiger partial charge in [0.05, 0.1) is 22.9 Å². The first kappa shape index (κ1) is 22.8. The third-order valence-corrected chi connectivity index (χ3v) is 8.84. The molecule has 2 aliphatic heterocycles. The molecule has 0 saturated carbocycles. The van der Waals surface area contributed by atoms with E-state index < -0.39 is 5.54 Å². The predicted octanol–water partition coefficient (Wildman–Crippen LogP) is 5.06. The molecule has 2 amide bonds. The normalized spacial score (nSPS) is 16.8. The average Bonchev–Trinajstić information content (AvgIpc) is 3.67. The molecular formula is C27H25N5O2S2. The molecular weight excluding hydrogens is 490 g/mol. The fourth-order valence-electron chi connectivity index (χ4n) is 5.08. The van der Waals surface area contributed by atoms with E-state index in [1.807, 2.05) is 60.0 Å². The highest BCUT2D eigenvalue weighted by Gasteiger charge is 2.50. The van der Waals surface area contributed by atoms with Gasteiger partial charge in [-0.05, 0) is 48.6 Å². The monoisotopic (exact) mass is 515 g/mol. The summed E-state index contributed by atoms with van der Waals surface area (Å²) in [6, 6.07) is 21.9. The number of nitrogens with zero attached hydrogens (tertiary/aromatic N) is 3. The van der Waals surface area contributed by atoms with Gasteiger partial charge in [0.25, 0.3) is 5.91 Å². The van der Waals surface area contributed by atoms with Crippen molar-refractivity contribution in [3.05, 3.63) is 83.2 Å². The number of carbonyl (C=O) groups excluding carboxylic acids is 2. The van der Waals surface area contributed by atoms with Gasteiger partial charge in [0.1, 0.15) is 16.2 Å². The second-order valence-corrected chi connectivity index (χ2v) is 10.7. The Morgan fingerprint density at radius 2 is 1.75 bits per heavy atom. The predicted molar refractivity (Wildman–Crippen MR) is 146 cm³/mol. The summed E-state index contributed by atoms with van der Waals surface area (Å²) in [4.78, 5) is 36.1. The number of rotatable bonds is 5. The van der Waals surface area contributed by atoms with E-state index in [4.69, 9.17) is 0 Å². The Bertz CT molecular complexity index is 1380. The Morgan fingerprint density at radius 3 is 2.53 bits per heavy atom. The third-order valence-electron chi connectivity index (χ3n) is 6.96. The van der Waals surface area contributed by atoms with E-state index in [0.29, 0.717) is 38.3 Å². The lowest BCUT2D eigenvalue weighted by Gasteiger charge is -2.44. The van der Waals surface area contributed by atoms with Gasteiger partial charge in [0, 0.05) is 24.2 Å². The lowest BCUT2D eigenvalue weighted by molar-refractivity contribution is -0.124. The number of aromatic nitrogens is 1. The fourth-order valence-corrected chi connectivity index (χ4v) is 6.70. The number of benzene rings is 2. The SMILES string of the molecule is O=C(Nc1ccccc1N1CCC2(CC1)C(=O)NCN2c1ccccc1)c1csc(-c2cccs2)n1. The number of hydrogen-bond donors (Lipinski definition) is 2. The number of nitrogens with one attached hydrogen (secondary N) is 2. The quantitative estimate of drug-likeness (QED) is 0.389. The largest absolute Gasteiger partial charge is 0.370 e. The molecule has 0 radical (unpaired) electrons. The molecule has 4 heterocycles. The van der Waals surface area contributed by atoms with Crippen LogP contribution in [-0.4, -0.2) is 42.1 Å². The first-order valence-corrected chi connectivity index (χ1v) is 13.7. The van der Waals surface area contributed by atoms with E-state index in [1.54, 1.807) is 16.7 Å². The highest BCUT2D eigenvalue weighted by atomic mass is 32.1. The van der Waals surface area contributed by atoms with Gasteiger partial charge in [-0.2, -0.15) is 0 Å². The smallest absolute Gasteiger partial charge is 0.275 e. The molecule has 2 aromatic carbocycles. The molecule has 36 heavy (non-hydrogen) atoms. The number of carbonyl (C=O) groups is 2.